The third-order valence-electron chi connectivity index (χ3n) is 3.30. The summed E-state index contributed by atoms with van der Waals surface area (Å²) in [6.45, 7) is 3.02. The average molecular weight is 234 g/mol. The van der Waals surface area contributed by atoms with E-state index in [0.29, 0.717) is 12.6 Å². The molecule has 1 aromatic rings. The average Bonchev–Trinajstić information content (AvgIpc) is 2.32. The number of nitrogens with one attached hydrogen (secondary N) is 1. The van der Waals surface area contributed by atoms with Crippen LogP contribution in [-0.2, 0) is 11.3 Å². The Labute approximate surface area is 104 Å². The lowest BCUT2D eigenvalue weighted by atomic mass is 10.1. The van der Waals surface area contributed by atoms with E-state index in [2.05, 4.69) is 41.5 Å². The van der Waals surface area contributed by atoms with Crippen LogP contribution in [-0.4, -0.2) is 38.2 Å². The molecule has 2 rings (SSSR count). The Bertz CT molecular complexity index is 354. The van der Waals surface area contributed by atoms with Gasteiger partial charge in [-0.15, -0.1) is 0 Å². The van der Waals surface area contributed by atoms with Gasteiger partial charge in [0.05, 0.1) is 6.61 Å². The molecule has 0 saturated carbocycles. The fourth-order valence-corrected chi connectivity index (χ4v) is 2.45. The van der Waals surface area contributed by atoms with Gasteiger partial charge in [0.15, 0.2) is 0 Å². The number of hydrogen-bond donors (Lipinski definition) is 1. The molecule has 0 aliphatic carbocycles. The number of para-hydroxylation sites is 1. The first-order valence-electron chi connectivity index (χ1n) is 6.31. The van der Waals surface area contributed by atoms with Crippen LogP contribution >= 0.6 is 0 Å². The van der Waals surface area contributed by atoms with Crippen LogP contribution in [0.2, 0.25) is 0 Å². The molecule has 1 aliphatic rings. The second kappa shape index (κ2) is 6.03. The van der Waals surface area contributed by atoms with Crippen LogP contribution < -0.4 is 5.32 Å². The maximum absolute atomic E-state index is 5.23. The van der Waals surface area contributed by atoms with Gasteiger partial charge in [-0.1, -0.05) is 18.2 Å². The Kier molecular flexibility index (Phi) is 4.40. The molecule has 1 saturated heterocycles. The van der Waals surface area contributed by atoms with Gasteiger partial charge in [0.2, 0.25) is 0 Å². The number of hydrogen-bond acceptors (Lipinski definition) is 3. The summed E-state index contributed by atoms with van der Waals surface area (Å²) in [6, 6.07) is 8.97. The molecule has 17 heavy (non-hydrogen) atoms. The molecule has 0 amide bonds. The molecule has 0 spiro atoms. The normalized spacial score (nSPS) is 21.4. The summed E-state index contributed by atoms with van der Waals surface area (Å²) >= 11 is 0. The highest BCUT2D eigenvalue weighted by Crippen LogP contribution is 2.20. The van der Waals surface area contributed by atoms with E-state index in [-0.39, 0.29) is 0 Å². The zero-order valence-electron chi connectivity index (χ0n) is 10.8. The number of rotatable bonds is 4. The highest BCUT2D eigenvalue weighted by Gasteiger charge is 2.17. The van der Waals surface area contributed by atoms with E-state index in [0.717, 1.165) is 6.54 Å². The van der Waals surface area contributed by atoms with Crippen molar-refractivity contribution in [1.29, 1.82) is 0 Å². The van der Waals surface area contributed by atoms with Crippen LogP contribution in [0.15, 0.2) is 24.3 Å². The number of benzene rings is 1. The number of piperidine rings is 1. The molecule has 1 heterocycles. The van der Waals surface area contributed by atoms with Gasteiger partial charge in [-0.05, 0) is 32.5 Å². The lowest BCUT2D eigenvalue weighted by Crippen LogP contribution is -2.39. The quantitative estimate of drug-likeness (QED) is 0.865. The van der Waals surface area contributed by atoms with Gasteiger partial charge in [-0.2, -0.15) is 0 Å². The van der Waals surface area contributed by atoms with Crippen molar-refractivity contribution in [2.75, 3.05) is 32.6 Å². The fraction of sp³-hybridized carbons (Fsp3) is 0.571. The molecule has 1 fully saturated rings. The monoisotopic (exact) mass is 234 g/mol. The smallest absolute Gasteiger partial charge is 0.0733 e. The first kappa shape index (κ1) is 12.4. The van der Waals surface area contributed by atoms with Crippen molar-refractivity contribution < 1.29 is 4.74 Å². The molecule has 0 bridgehead atoms. The van der Waals surface area contributed by atoms with Gasteiger partial charge in [0.25, 0.3) is 0 Å². The maximum Gasteiger partial charge on any atom is 0.0733 e. The minimum absolute atomic E-state index is 0.562. The van der Waals surface area contributed by atoms with E-state index < -0.39 is 0 Å². The van der Waals surface area contributed by atoms with Crippen LogP contribution in [0, 0.1) is 0 Å². The van der Waals surface area contributed by atoms with E-state index in [9.17, 15) is 0 Å². The number of likely N-dealkylation sites (N-methyl/N-ethyl adjacent to an activating group) is 1. The summed E-state index contributed by atoms with van der Waals surface area (Å²) in [4.78, 5) is 2.39. The number of likely N-dealkylation sites (tertiary alicyclic amines) is 1. The lowest BCUT2D eigenvalue weighted by molar-refractivity contribution is 0.185. The third-order valence-corrected chi connectivity index (χ3v) is 3.30. The summed E-state index contributed by atoms with van der Waals surface area (Å²) < 4.78 is 5.23. The zero-order chi connectivity index (χ0) is 12.1. The molecule has 0 radical (unpaired) electrons. The molecule has 1 N–H and O–H groups in total. The maximum atomic E-state index is 5.23. The van der Waals surface area contributed by atoms with Crippen molar-refractivity contribution in [2.45, 2.75) is 25.5 Å². The van der Waals surface area contributed by atoms with Crippen LogP contribution in [0.1, 0.15) is 18.4 Å². The summed E-state index contributed by atoms with van der Waals surface area (Å²) in [5, 5.41) is 3.64. The van der Waals surface area contributed by atoms with E-state index in [1.807, 2.05) is 0 Å². The SMILES string of the molecule is COCc1ccccc1NC1CCCN(C)C1. The Balaban J connectivity index is 2.01. The molecular weight excluding hydrogens is 212 g/mol. The number of nitrogens with zero attached hydrogens (tertiary/aromatic N) is 1. The largest absolute Gasteiger partial charge is 0.381 e. The van der Waals surface area contributed by atoms with Crippen molar-refractivity contribution in [3.63, 3.8) is 0 Å². The summed E-state index contributed by atoms with van der Waals surface area (Å²) in [7, 11) is 3.93. The van der Waals surface area contributed by atoms with Crippen molar-refractivity contribution >= 4 is 5.69 Å². The molecule has 3 nitrogen and oxygen atoms in total. The number of anilines is 1. The predicted octanol–water partition coefficient (Wildman–Crippen LogP) is 2.34. The van der Waals surface area contributed by atoms with Gasteiger partial charge in [0, 0.05) is 30.9 Å². The Morgan fingerprint density at radius 3 is 3.00 bits per heavy atom. The van der Waals surface area contributed by atoms with E-state index in [1.54, 1.807) is 7.11 Å². The van der Waals surface area contributed by atoms with Crippen molar-refractivity contribution in [2.24, 2.45) is 0 Å². The second-order valence-electron chi connectivity index (χ2n) is 4.84. The van der Waals surface area contributed by atoms with E-state index in [1.165, 1.54) is 30.6 Å². The number of ether oxygens (including phenoxy) is 1. The highest BCUT2D eigenvalue weighted by atomic mass is 16.5. The van der Waals surface area contributed by atoms with Gasteiger partial charge in [-0.25, -0.2) is 0 Å². The lowest BCUT2D eigenvalue weighted by Gasteiger charge is -2.31. The third kappa shape index (κ3) is 3.45. The summed E-state index contributed by atoms with van der Waals surface area (Å²) in [6.07, 6.45) is 2.53. The zero-order valence-corrected chi connectivity index (χ0v) is 10.8. The van der Waals surface area contributed by atoms with E-state index in [4.69, 9.17) is 4.74 Å². The predicted molar refractivity (Wildman–Crippen MR) is 71.3 cm³/mol. The minimum Gasteiger partial charge on any atom is -0.381 e. The van der Waals surface area contributed by atoms with Crippen LogP contribution in [0.5, 0.6) is 0 Å². The first-order chi connectivity index (χ1) is 8.29. The van der Waals surface area contributed by atoms with Crippen LogP contribution in [0.4, 0.5) is 5.69 Å². The molecule has 1 atom stereocenters. The van der Waals surface area contributed by atoms with Crippen LogP contribution in [0.3, 0.4) is 0 Å². The molecule has 1 unspecified atom stereocenters. The van der Waals surface area contributed by atoms with E-state index >= 15 is 0 Å². The molecule has 1 aliphatic heterocycles. The van der Waals surface area contributed by atoms with Gasteiger partial charge in [0.1, 0.15) is 0 Å². The Morgan fingerprint density at radius 1 is 1.41 bits per heavy atom. The molecule has 3 heteroatoms. The van der Waals surface area contributed by atoms with Crippen molar-refractivity contribution in [3.8, 4) is 0 Å². The standard InChI is InChI=1S/C14H22N2O/c1-16-9-5-7-13(10-16)15-14-8-4-3-6-12(14)11-17-2/h3-4,6,8,13,15H,5,7,9-11H2,1-2H3. The van der Waals surface area contributed by atoms with Crippen LogP contribution in [0.25, 0.3) is 0 Å². The second-order valence-corrected chi connectivity index (χ2v) is 4.84. The van der Waals surface area contributed by atoms with Gasteiger partial charge >= 0.3 is 0 Å². The summed E-state index contributed by atoms with van der Waals surface area (Å²) in [5.41, 5.74) is 2.46. The fourth-order valence-electron chi connectivity index (χ4n) is 2.45. The summed E-state index contributed by atoms with van der Waals surface area (Å²) in [5.74, 6) is 0. The first-order valence-corrected chi connectivity index (χ1v) is 6.31. The molecule has 1 aromatic carbocycles. The minimum atomic E-state index is 0.562. The topological polar surface area (TPSA) is 24.5 Å². The molecule has 94 valence electrons. The van der Waals surface area contributed by atoms with Crippen molar-refractivity contribution in [3.05, 3.63) is 29.8 Å². The van der Waals surface area contributed by atoms with Crippen molar-refractivity contribution in [1.82, 2.24) is 4.90 Å². The van der Waals surface area contributed by atoms with Gasteiger partial charge in [-0.3, -0.25) is 0 Å². The molecular formula is C14H22N2O. The highest BCUT2D eigenvalue weighted by molar-refractivity contribution is 5.51. The molecule has 0 aromatic heterocycles. The Morgan fingerprint density at radius 2 is 2.24 bits per heavy atom. The van der Waals surface area contributed by atoms with Gasteiger partial charge < -0.3 is 15.0 Å². The number of methoxy groups -OCH3 is 1. The Hall–Kier alpha value is -1.06.